The largest absolute Gasteiger partial charge is 0.468 e. The molecule has 2 heterocycles. The number of aromatic nitrogens is 3. The van der Waals surface area contributed by atoms with Crippen molar-refractivity contribution in [3.05, 3.63) is 18.4 Å². The fourth-order valence-electron chi connectivity index (χ4n) is 1.24. The number of hydrogen-bond acceptors (Lipinski definition) is 6. The molecule has 0 aromatic carbocycles. The van der Waals surface area contributed by atoms with Gasteiger partial charge in [-0.25, -0.2) is 0 Å². The third kappa shape index (κ3) is 2.50. The number of hydrogen-bond donors (Lipinski definition) is 0. The number of rotatable bonds is 4. The fourth-order valence-corrected chi connectivity index (χ4v) is 1.99. The molecule has 0 spiro atoms. The van der Waals surface area contributed by atoms with Gasteiger partial charge in [0, 0.05) is 7.05 Å². The van der Waals surface area contributed by atoms with E-state index in [1.807, 2.05) is 7.05 Å². The van der Waals surface area contributed by atoms with E-state index in [2.05, 4.69) is 14.9 Å². The van der Waals surface area contributed by atoms with E-state index in [1.54, 1.807) is 23.0 Å². The van der Waals surface area contributed by atoms with Crippen LogP contribution in [0.5, 0.6) is 0 Å². The van der Waals surface area contributed by atoms with Crippen LogP contribution in [-0.2, 0) is 16.6 Å². The first-order chi connectivity index (χ1) is 8.22. The molecule has 2 rings (SSSR count). The molecule has 0 aliphatic carbocycles. The maximum Gasteiger partial charge on any atom is 0.316 e. The highest BCUT2D eigenvalue weighted by Gasteiger charge is 2.14. The Bertz CT molecular complexity index is 507. The molecule has 0 fully saturated rings. The first-order valence-electron chi connectivity index (χ1n) is 4.85. The molecule has 2 aromatic heterocycles. The molecule has 17 heavy (non-hydrogen) atoms. The van der Waals surface area contributed by atoms with Crippen molar-refractivity contribution in [1.29, 1.82) is 0 Å². The highest BCUT2D eigenvalue weighted by Crippen LogP contribution is 2.22. The first-order valence-corrected chi connectivity index (χ1v) is 5.84. The van der Waals surface area contributed by atoms with Gasteiger partial charge in [-0.3, -0.25) is 4.79 Å². The molecule has 0 atom stereocenters. The minimum Gasteiger partial charge on any atom is -0.468 e. The normalized spacial score (nSPS) is 10.5. The number of thioether (sulfide) groups is 1. The quantitative estimate of drug-likeness (QED) is 0.605. The molecule has 0 bridgehead atoms. The van der Waals surface area contributed by atoms with E-state index < -0.39 is 0 Å². The zero-order valence-electron chi connectivity index (χ0n) is 9.41. The number of furan rings is 1. The van der Waals surface area contributed by atoms with Gasteiger partial charge in [0.15, 0.2) is 16.7 Å². The lowest BCUT2D eigenvalue weighted by atomic mass is 10.4. The fraction of sp³-hybridized carbons (Fsp3) is 0.300. The van der Waals surface area contributed by atoms with Gasteiger partial charge in [-0.05, 0) is 12.1 Å². The maximum atomic E-state index is 11.0. The third-order valence-corrected chi connectivity index (χ3v) is 3.12. The number of methoxy groups -OCH3 is 1. The lowest BCUT2D eigenvalue weighted by molar-refractivity contribution is -0.137. The molecule has 0 aliphatic heterocycles. The minimum absolute atomic E-state index is 0.209. The Balaban J connectivity index is 2.13. The second-order valence-corrected chi connectivity index (χ2v) is 4.15. The monoisotopic (exact) mass is 253 g/mol. The zero-order chi connectivity index (χ0) is 12.3. The summed E-state index contributed by atoms with van der Waals surface area (Å²) in [6, 6.07) is 3.59. The average Bonchev–Trinajstić information content (AvgIpc) is 2.95. The van der Waals surface area contributed by atoms with Crippen LogP contribution in [0.3, 0.4) is 0 Å². The standard InChI is InChI=1S/C10H11N3O3S/c1-13-9(7-4-3-5-16-7)11-12-10(13)17-6-8(14)15-2/h3-5H,6H2,1-2H3. The summed E-state index contributed by atoms with van der Waals surface area (Å²) in [5.74, 6) is 1.19. The molecule has 0 amide bonds. The SMILES string of the molecule is COC(=O)CSc1nnc(-c2ccco2)n1C. The number of esters is 1. The Morgan fingerprint density at radius 3 is 3.06 bits per heavy atom. The third-order valence-electron chi connectivity index (χ3n) is 2.12. The predicted molar refractivity (Wildman–Crippen MR) is 61.4 cm³/mol. The Morgan fingerprint density at radius 2 is 2.41 bits per heavy atom. The van der Waals surface area contributed by atoms with E-state index in [0.717, 1.165) is 0 Å². The van der Waals surface area contributed by atoms with Crippen LogP contribution < -0.4 is 0 Å². The van der Waals surface area contributed by atoms with E-state index in [1.165, 1.54) is 18.9 Å². The summed E-state index contributed by atoms with van der Waals surface area (Å²) in [4.78, 5) is 11.0. The van der Waals surface area contributed by atoms with Gasteiger partial charge in [-0.2, -0.15) is 0 Å². The van der Waals surface area contributed by atoms with Gasteiger partial charge in [0.05, 0.1) is 19.1 Å². The Labute approximate surface area is 102 Å². The molecule has 7 heteroatoms. The number of ether oxygens (including phenoxy) is 1. The van der Waals surface area contributed by atoms with Crippen LogP contribution in [0.15, 0.2) is 28.0 Å². The van der Waals surface area contributed by atoms with Crippen molar-refractivity contribution in [2.75, 3.05) is 12.9 Å². The molecule has 2 aromatic rings. The number of carbonyl (C=O) groups is 1. The number of nitrogens with zero attached hydrogens (tertiary/aromatic N) is 3. The van der Waals surface area contributed by atoms with Crippen molar-refractivity contribution >= 4 is 17.7 Å². The highest BCUT2D eigenvalue weighted by molar-refractivity contribution is 7.99. The van der Waals surface area contributed by atoms with Gasteiger partial charge in [0.25, 0.3) is 0 Å². The van der Waals surface area contributed by atoms with Crippen molar-refractivity contribution in [1.82, 2.24) is 14.8 Å². The van der Waals surface area contributed by atoms with Gasteiger partial charge in [0.2, 0.25) is 0 Å². The summed E-state index contributed by atoms with van der Waals surface area (Å²) in [6.07, 6.45) is 1.57. The van der Waals surface area contributed by atoms with Crippen LogP contribution in [0, 0.1) is 0 Å². The summed E-state index contributed by atoms with van der Waals surface area (Å²) in [5.41, 5.74) is 0. The van der Waals surface area contributed by atoms with Crippen molar-refractivity contribution in [3.63, 3.8) is 0 Å². The second kappa shape index (κ2) is 5.05. The Kier molecular flexibility index (Phi) is 3.48. The lowest BCUT2D eigenvalue weighted by Gasteiger charge is -2.01. The first kappa shape index (κ1) is 11.7. The van der Waals surface area contributed by atoms with Crippen molar-refractivity contribution in [2.45, 2.75) is 5.16 Å². The van der Waals surface area contributed by atoms with Crippen molar-refractivity contribution in [2.24, 2.45) is 7.05 Å². The molecule has 0 saturated carbocycles. The molecule has 0 N–H and O–H groups in total. The number of carbonyl (C=O) groups excluding carboxylic acids is 1. The highest BCUT2D eigenvalue weighted by atomic mass is 32.2. The summed E-state index contributed by atoms with van der Waals surface area (Å²) in [7, 11) is 3.17. The van der Waals surface area contributed by atoms with Gasteiger partial charge in [0.1, 0.15) is 0 Å². The van der Waals surface area contributed by atoms with Crippen LogP contribution in [0.4, 0.5) is 0 Å². The molecule has 0 radical (unpaired) electrons. The molecular weight excluding hydrogens is 242 g/mol. The molecule has 0 saturated heterocycles. The molecule has 6 nitrogen and oxygen atoms in total. The topological polar surface area (TPSA) is 70.2 Å². The van der Waals surface area contributed by atoms with Crippen LogP contribution in [-0.4, -0.2) is 33.6 Å². The molecule has 90 valence electrons. The van der Waals surface area contributed by atoms with E-state index in [9.17, 15) is 4.79 Å². The summed E-state index contributed by atoms with van der Waals surface area (Å²) in [6.45, 7) is 0. The Morgan fingerprint density at radius 1 is 1.59 bits per heavy atom. The zero-order valence-corrected chi connectivity index (χ0v) is 10.2. The second-order valence-electron chi connectivity index (χ2n) is 3.21. The van der Waals surface area contributed by atoms with Crippen LogP contribution >= 0.6 is 11.8 Å². The summed E-state index contributed by atoms with van der Waals surface area (Å²) in [5, 5.41) is 8.63. The van der Waals surface area contributed by atoms with Crippen LogP contribution in [0.2, 0.25) is 0 Å². The van der Waals surface area contributed by atoms with Crippen LogP contribution in [0.25, 0.3) is 11.6 Å². The Hall–Kier alpha value is -1.76. The van der Waals surface area contributed by atoms with E-state index in [-0.39, 0.29) is 11.7 Å². The predicted octanol–water partition coefficient (Wildman–Crippen LogP) is 1.34. The van der Waals surface area contributed by atoms with E-state index in [4.69, 9.17) is 4.42 Å². The van der Waals surface area contributed by atoms with Gasteiger partial charge in [-0.1, -0.05) is 11.8 Å². The molecular formula is C10H11N3O3S. The minimum atomic E-state index is -0.294. The van der Waals surface area contributed by atoms with Crippen LogP contribution in [0.1, 0.15) is 0 Å². The smallest absolute Gasteiger partial charge is 0.316 e. The maximum absolute atomic E-state index is 11.0. The van der Waals surface area contributed by atoms with Gasteiger partial charge in [-0.15, -0.1) is 10.2 Å². The molecule has 0 aliphatic rings. The van der Waals surface area contributed by atoms with Gasteiger partial charge < -0.3 is 13.7 Å². The average molecular weight is 253 g/mol. The van der Waals surface area contributed by atoms with E-state index >= 15 is 0 Å². The van der Waals surface area contributed by atoms with Crippen molar-refractivity contribution in [3.8, 4) is 11.6 Å². The lowest BCUT2D eigenvalue weighted by Crippen LogP contribution is -2.04. The molecule has 0 unspecified atom stereocenters. The summed E-state index contributed by atoms with van der Waals surface area (Å²) < 4.78 is 11.6. The summed E-state index contributed by atoms with van der Waals surface area (Å²) >= 11 is 1.27. The van der Waals surface area contributed by atoms with Gasteiger partial charge >= 0.3 is 5.97 Å². The van der Waals surface area contributed by atoms with Crippen molar-refractivity contribution < 1.29 is 13.9 Å². The van der Waals surface area contributed by atoms with E-state index in [0.29, 0.717) is 16.7 Å².